The summed E-state index contributed by atoms with van der Waals surface area (Å²) in [6.07, 6.45) is 1.54. The number of cyclic esters (lactones) is 1. The van der Waals surface area contributed by atoms with E-state index in [4.69, 9.17) is 9.47 Å². The molecule has 0 N–H and O–H groups in total. The Hall–Kier alpha value is -3.03. The summed E-state index contributed by atoms with van der Waals surface area (Å²) < 4.78 is 12.3. The Morgan fingerprint density at radius 2 is 1.72 bits per heavy atom. The summed E-state index contributed by atoms with van der Waals surface area (Å²) in [5.41, 5.74) is 3.72. The average molecular weight is 555 g/mol. The second-order valence-electron chi connectivity index (χ2n) is 7.27. The zero-order valence-electron chi connectivity index (χ0n) is 17.2. The van der Waals surface area contributed by atoms with Crippen molar-refractivity contribution in [2.45, 2.75) is 13.8 Å². The Kier molecular flexibility index (Phi) is 6.39. The van der Waals surface area contributed by atoms with E-state index in [2.05, 4.69) is 36.9 Å². The Labute approximate surface area is 202 Å². The van der Waals surface area contributed by atoms with Gasteiger partial charge in [-0.25, -0.2) is 14.6 Å². The van der Waals surface area contributed by atoms with E-state index in [-0.39, 0.29) is 17.3 Å². The lowest BCUT2D eigenvalue weighted by molar-refractivity contribution is -0.129. The Morgan fingerprint density at radius 1 is 1.00 bits per heavy atom. The number of esters is 2. The average Bonchev–Trinajstić information content (AvgIpc) is 3.11. The molecule has 0 bridgehead atoms. The van der Waals surface area contributed by atoms with Crippen molar-refractivity contribution >= 4 is 55.8 Å². The van der Waals surface area contributed by atoms with E-state index in [1.165, 1.54) is 0 Å². The third-order valence-electron chi connectivity index (χ3n) is 4.66. The Balaban J connectivity index is 1.71. The van der Waals surface area contributed by atoms with Crippen LogP contribution < -0.4 is 4.74 Å². The number of carbonyl (C=O) groups is 2. The maximum absolute atomic E-state index is 12.7. The standard InChI is InChI=1S/C25H17Br2NO4/c1-14-5-3-7-16(9-14)23-28-21(25(30)32-23)12-18-11-19(26)13-20(27)22(18)31-24(29)17-8-4-6-15(2)10-17/h3-13H,1-2H3/b21-12-. The molecule has 5 nitrogen and oxygen atoms in total. The monoisotopic (exact) mass is 553 g/mol. The molecular weight excluding hydrogens is 538 g/mol. The predicted octanol–water partition coefficient (Wildman–Crippen LogP) is 6.39. The number of hydrogen-bond donors (Lipinski definition) is 0. The quantitative estimate of drug-likeness (QED) is 0.213. The molecule has 0 unspecified atom stereocenters. The molecule has 0 atom stereocenters. The molecule has 160 valence electrons. The summed E-state index contributed by atoms with van der Waals surface area (Å²) in [4.78, 5) is 29.6. The first-order valence-corrected chi connectivity index (χ1v) is 11.3. The molecule has 3 aromatic rings. The van der Waals surface area contributed by atoms with Gasteiger partial charge in [-0.2, -0.15) is 0 Å². The lowest BCUT2D eigenvalue weighted by Crippen LogP contribution is -2.10. The van der Waals surface area contributed by atoms with Crippen molar-refractivity contribution in [3.63, 3.8) is 0 Å². The van der Waals surface area contributed by atoms with E-state index in [9.17, 15) is 9.59 Å². The normalized spacial score (nSPS) is 14.3. The van der Waals surface area contributed by atoms with Crippen molar-refractivity contribution in [3.05, 3.63) is 103 Å². The first-order chi connectivity index (χ1) is 15.3. The van der Waals surface area contributed by atoms with Crippen LogP contribution >= 0.6 is 31.9 Å². The van der Waals surface area contributed by atoms with Crippen molar-refractivity contribution < 1.29 is 19.1 Å². The molecule has 0 saturated heterocycles. The van der Waals surface area contributed by atoms with Crippen LogP contribution in [0.15, 0.2) is 80.3 Å². The van der Waals surface area contributed by atoms with Crippen molar-refractivity contribution in [2.24, 2.45) is 4.99 Å². The van der Waals surface area contributed by atoms with E-state index in [1.807, 2.05) is 44.2 Å². The maximum Gasteiger partial charge on any atom is 0.363 e. The molecular formula is C25H17Br2NO4. The molecule has 7 heteroatoms. The van der Waals surface area contributed by atoms with E-state index in [0.717, 1.165) is 15.6 Å². The van der Waals surface area contributed by atoms with Crippen LogP contribution in [0.25, 0.3) is 6.08 Å². The third-order valence-corrected chi connectivity index (χ3v) is 5.71. The molecule has 0 saturated carbocycles. The molecule has 0 aromatic heterocycles. The number of rotatable bonds is 4. The number of halogens is 2. The lowest BCUT2D eigenvalue weighted by atomic mass is 10.1. The van der Waals surface area contributed by atoms with Gasteiger partial charge in [0.15, 0.2) is 11.4 Å². The highest BCUT2D eigenvalue weighted by molar-refractivity contribution is 9.11. The van der Waals surface area contributed by atoms with Crippen LogP contribution in [0.1, 0.15) is 32.6 Å². The van der Waals surface area contributed by atoms with E-state index in [1.54, 1.807) is 36.4 Å². The molecule has 4 rings (SSSR count). The third kappa shape index (κ3) is 4.89. The minimum Gasteiger partial charge on any atom is -0.421 e. The number of aliphatic imine (C=N–C) groups is 1. The first-order valence-electron chi connectivity index (χ1n) is 9.67. The van der Waals surface area contributed by atoms with Crippen LogP contribution in [-0.2, 0) is 9.53 Å². The summed E-state index contributed by atoms with van der Waals surface area (Å²) in [6, 6.07) is 18.2. The SMILES string of the molecule is Cc1cccc(C(=O)Oc2c(Br)cc(Br)cc2/C=C2\N=C(c3cccc(C)c3)OC2=O)c1. The Bertz CT molecular complexity index is 1310. The number of hydrogen-bond acceptors (Lipinski definition) is 5. The topological polar surface area (TPSA) is 65.0 Å². The zero-order valence-corrected chi connectivity index (χ0v) is 20.4. The summed E-state index contributed by atoms with van der Waals surface area (Å²) in [7, 11) is 0. The fourth-order valence-corrected chi connectivity index (χ4v) is 4.52. The predicted molar refractivity (Wildman–Crippen MR) is 130 cm³/mol. The second-order valence-corrected chi connectivity index (χ2v) is 9.04. The highest BCUT2D eigenvalue weighted by atomic mass is 79.9. The van der Waals surface area contributed by atoms with Crippen LogP contribution in [0.3, 0.4) is 0 Å². The fourth-order valence-electron chi connectivity index (χ4n) is 3.18. The van der Waals surface area contributed by atoms with E-state index < -0.39 is 11.9 Å². The van der Waals surface area contributed by atoms with Gasteiger partial charge >= 0.3 is 11.9 Å². The van der Waals surface area contributed by atoms with Crippen LogP contribution in [-0.4, -0.2) is 17.8 Å². The van der Waals surface area contributed by atoms with Gasteiger partial charge < -0.3 is 9.47 Å². The van der Waals surface area contributed by atoms with Gasteiger partial charge in [0.25, 0.3) is 0 Å². The molecule has 3 aromatic carbocycles. The Morgan fingerprint density at radius 3 is 2.44 bits per heavy atom. The van der Waals surface area contributed by atoms with Gasteiger partial charge in [0, 0.05) is 15.6 Å². The molecule has 0 aliphatic carbocycles. The largest absolute Gasteiger partial charge is 0.421 e. The van der Waals surface area contributed by atoms with Gasteiger partial charge in [-0.05, 0) is 72.3 Å². The van der Waals surface area contributed by atoms with Gasteiger partial charge in [-0.1, -0.05) is 51.3 Å². The first kappa shape index (κ1) is 22.2. The number of carbonyl (C=O) groups excluding carboxylic acids is 2. The summed E-state index contributed by atoms with van der Waals surface area (Å²) in [5, 5.41) is 0. The van der Waals surface area contributed by atoms with Crippen molar-refractivity contribution in [3.8, 4) is 5.75 Å². The fraction of sp³-hybridized carbons (Fsp3) is 0.0800. The van der Waals surface area contributed by atoms with Gasteiger partial charge in [0.05, 0.1) is 10.0 Å². The summed E-state index contributed by atoms with van der Waals surface area (Å²) in [5.74, 6) is -0.570. The molecule has 0 amide bonds. The van der Waals surface area contributed by atoms with Gasteiger partial charge in [-0.15, -0.1) is 0 Å². The molecule has 1 aliphatic heterocycles. The van der Waals surface area contributed by atoms with Gasteiger partial charge in [0.1, 0.15) is 0 Å². The van der Waals surface area contributed by atoms with Crippen molar-refractivity contribution in [2.75, 3.05) is 0 Å². The zero-order chi connectivity index (χ0) is 22.8. The van der Waals surface area contributed by atoms with Crippen molar-refractivity contribution in [1.82, 2.24) is 0 Å². The summed E-state index contributed by atoms with van der Waals surface area (Å²) >= 11 is 6.88. The molecule has 1 aliphatic rings. The highest BCUT2D eigenvalue weighted by Crippen LogP contribution is 2.35. The van der Waals surface area contributed by atoms with Crippen LogP contribution in [0.2, 0.25) is 0 Å². The number of aryl methyl sites for hydroxylation is 2. The van der Waals surface area contributed by atoms with Crippen LogP contribution in [0.4, 0.5) is 0 Å². The minimum absolute atomic E-state index is 0.111. The molecule has 32 heavy (non-hydrogen) atoms. The van der Waals surface area contributed by atoms with Crippen LogP contribution in [0.5, 0.6) is 5.75 Å². The van der Waals surface area contributed by atoms with Gasteiger partial charge in [-0.3, -0.25) is 0 Å². The van der Waals surface area contributed by atoms with Crippen LogP contribution in [0, 0.1) is 13.8 Å². The van der Waals surface area contributed by atoms with Gasteiger partial charge in [0.2, 0.25) is 5.90 Å². The molecule has 0 fully saturated rings. The highest BCUT2D eigenvalue weighted by Gasteiger charge is 2.25. The van der Waals surface area contributed by atoms with E-state index in [0.29, 0.717) is 21.2 Å². The van der Waals surface area contributed by atoms with E-state index >= 15 is 0 Å². The number of benzene rings is 3. The molecule has 0 spiro atoms. The minimum atomic E-state index is -0.575. The lowest BCUT2D eigenvalue weighted by Gasteiger charge is -2.11. The second kappa shape index (κ2) is 9.22. The smallest absolute Gasteiger partial charge is 0.363 e. The number of nitrogens with zero attached hydrogens (tertiary/aromatic N) is 1. The summed E-state index contributed by atoms with van der Waals surface area (Å²) in [6.45, 7) is 3.85. The maximum atomic E-state index is 12.7. The molecule has 1 heterocycles. The number of ether oxygens (including phenoxy) is 2. The molecule has 0 radical (unpaired) electrons. The van der Waals surface area contributed by atoms with Crippen molar-refractivity contribution in [1.29, 1.82) is 0 Å².